The number of aryl methyl sites for hydroxylation is 1. The number of nitrogens with zero attached hydrogens (tertiary/aromatic N) is 2. The molecule has 0 fully saturated rings. The zero-order chi connectivity index (χ0) is 20.9. The summed E-state index contributed by atoms with van der Waals surface area (Å²) in [5.74, 6) is 1.16. The Balaban J connectivity index is 1.57. The van der Waals surface area contributed by atoms with Crippen molar-refractivity contribution in [3.63, 3.8) is 0 Å². The summed E-state index contributed by atoms with van der Waals surface area (Å²) < 4.78 is 11.7. The third-order valence-electron chi connectivity index (χ3n) is 4.73. The quantitative estimate of drug-likeness (QED) is 0.389. The van der Waals surface area contributed by atoms with Gasteiger partial charge in [0.1, 0.15) is 5.82 Å². The Labute approximate surface area is 185 Å². The van der Waals surface area contributed by atoms with Crippen LogP contribution < -0.4 is 21.3 Å². The lowest BCUT2D eigenvalue weighted by molar-refractivity contribution is 0.350. The summed E-state index contributed by atoms with van der Waals surface area (Å²) in [6, 6.07) is 14.2. The first-order valence-electron chi connectivity index (χ1n) is 9.58. The van der Waals surface area contributed by atoms with Gasteiger partial charge in [-0.05, 0) is 58.6 Å². The molecule has 0 bridgehead atoms. The number of halogens is 1. The summed E-state index contributed by atoms with van der Waals surface area (Å²) in [5.41, 5.74) is 4.33. The zero-order valence-electron chi connectivity index (χ0n) is 16.8. The van der Waals surface area contributed by atoms with Crippen molar-refractivity contribution in [2.24, 2.45) is 0 Å². The Hall–Kier alpha value is -2.25. The second-order valence-corrected chi connectivity index (χ2v) is 9.26. The average molecular weight is 488 g/mol. The highest BCUT2D eigenvalue weighted by Gasteiger charge is 2.17. The van der Waals surface area contributed by atoms with E-state index < -0.39 is 8.38 Å². The molecule has 2 heterocycles. The van der Waals surface area contributed by atoms with E-state index in [1.807, 2.05) is 24.3 Å². The van der Waals surface area contributed by atoms with Gasteiger partial charge >= 0.3 is 0 Å². The van der Waals surface area contributed by atoms with Gasteiger partial charge < -0.3 is 25.0 Å². The number of hydrogen-bond acceptors (Lipinski definition) is 7. The van der Waals surface area contributed by atoms with E-state index in [9.17, 15) is 0 Å². The first-order chi connectivity index (χ1) is 14.7. The molecule has 2 aromatic carbocycles. The third kappa shape index (κ3) is 4.73. The number of para-hydroxylation sites is 1. The molecule has 1 aliphatic heterocycles. The number of anilines is 5. The highest BCUT2D eigenvalue weighted by Crippen LogP contribution is 2.38. The van der Waals surface area contributed by atoms with Gasteiger partial charge in [-0.3, -0.25) is 0 Å². The van der Waals surface area contributed by atoms with E-state index >= 15 is 0 Å². The zero-order valence-corrected chi connectivity index (χ0v) is 19.3. The number of hydrogen-bond donors (Lipinski definition) is 3. The maximum Gasteiger partial charge on any atom is 0.229 e. The SMILES string of the molecule is COP(OC)c1ccccc1Nc1nc(Nc2ccc3c(c2)NCCC3)ncc1Br. The lowest BCUT2D eigenvalue weighted by Gasteiger charge is -2.19. The van der Waals surface area contributed by atoms with Crippen LogP contribution in [0.4, 0.5) is 28.8 Å². The van der Waals surface area contributed by atoms with Crippen LogP contribution in [0, 0.1) is 0 Å². The second kappa shape index (κ2) is 9.71. The first-order valence-corrected chi connectivity index (χ1v) is 11.6. The van der Waals surface area contributed by atoms with Crippen molar-refractivity contribution in [3.05, 3.63) is 58.7 Å². The van der Waals surface area contributed by atoms with Crippen LogP contribution >= 0.6 is 24.3 Å². The van der Waals surface area contributed by atoms with Gasteiger partial charge in [0, 0.05) is 38.3 Å². The molecule has 0 unspecified atom stereocenters. The lowest BCUT2D eigenvalue weighted by atomic mass is 10.0. The van der Waals surface area contributed by atoms with Crippen molar-refractivity contribution in [2.45, 2.75) is 12.8 Å². The Bertz CT molecular complexity index is 1030. The van der Waals surface area contributed by atoms with Gasteiger partial charge in [0.15, 0.2) is 0 Å². The Morgan fingerprint density at radius 2 is 1.93 bits per heavy atom. The molecule has 4 rings (SSSR count). The molecule has 1 aromatic heterocycles. The van der Waals surface area contributed by atoms with E-state index in [4.69, 9.17) is 9.05 Å². The molecule has 7 nitrogen and oxygen atoms in total. The molecule has 0 radical (unpaired) electrons. The topological polar surface area (TPSA) is 80.3 Å². The van der Waals surface area contributed by atoms with E-state index in [-0.39, 0.29) is 0 Å². The highest BCUT2D eigenvalue weighted by atomic mass is 79.9. The normalized spacial score (nSPS) is 12.9. The Morgan fingerprint density at radius 3 is 2.77 bits per heavy atom. The average Bonchev–Trinajstić information content (AvgIpc) is 2.78. The number of nitrogens with one attached hydrogen (secondary N) is 3. The highest BCUT2D eigenvalue weighted by molar-refractivity contribution is 9.10. The molecule has 30 heavy (non-hydrogen) atoms. The standard InChI is InChI=1S/C21H23BrN5O2P/c1-28-30(29-2)19-8-4-3-7-17(19)26-20-16(22)13-24-21(27-20)25-15-10-9-14-6-5-11-23-18(14)12-15/h3-4,7-10,12-13,23H,5-6,11H2,1-2H3,(H2,24,25,26,27). The Kier molecular flexibility index (Phi) is 6.79. The molecule has 0 saturated carbocycles. The maximum absolute atomic E-state index is 5.48. The van der Waals surface area contributed by atoms with Crippen molar-refractivity contribution in [3.8, 4) is 0 Å². The minimum Gasteiger partial charge on any atom is -0.385 e. The molecule has 3 aromatic rings. The predicted molar refractivity (Wildman–Crippen MR) is 127 cm³/mol. The van der Waals surface area contributed by atoms with Crippen LogP contribution in [-0.4, -0.2) is 30.7 Å². The predicted octanol–water partition coefficient (Wildman–Crippen LogP) is 5.31. The summed E-state index contributed by atoms with van der Waals surface area (Å²) in [6.45, 7) is 1.00. The van der Waals surface area contributed by atoms with E-state index in [0.717, 1.165) is 34.1 Å². The lowest BCUT2D eigenvalue weighted by Crippen LogP contribution is -2.12. The third-order valence-corrected chi connectivity index (χ3v) is 6.76. The number of benzene rings is 2. The largest absolute Gasteiger partial charge is 0.385 e. The van der Waals surface area contributed by atoms with Crippen molar-refractivity contribution in [1.82, 2.24) is 9.97 Å². The van der Waals surface area contributed by atoms with Crippen molar-refractivity contribution < 1.29 is 9.05 Å². The van der Waals surface area contributed by atoms with Crippen LogP contribution in [0.2, 0.25) is 0 Å². The molecule has 9 heteroatoms. The fourth-order valence-corrected chi connectivity index (χ4v) is 4.69. The van der Waals surface area contributed by atoms with Gasteiger partial charge in [0.25, 0.3) is 0 Å². The number of fused-ring (bicyclic) bond motifs is 1. The number of rotatable bonds is 7. The van der Waals surface area contributed by atoms with Crippen LogP contribution in [0.15, 0.2) is 53.1 Å². The summed E-state index contributed by atoms with van der Waals surface area (Å²) in [5, 5.41) is 11.1. The molecule has 156 valence electrons. The van der Waals surface area contributed by atoms with E-state index in [1.54, 1.807) is 20.4 Å². The smallest absolute Gasteiger partial charge is 0.229 e. The van der Waals surface area contributed by atoms with Crippen molar-refractivity contribution >= 4 is 58.4 Å². The van der Waals surface area contributed by atoms with Crippen LogP contribution in [0.25, 0.3) is 0 Å². The fraction of sp³-hybridized carbons (Fsp3) is 0.238. The van der Waals surface area contributed by atoms with E-state index in [1.165, 1.54) is 17.7 Å². The molecule has 0 aliphatic carbocycles. The minimum absolute atomic E-state index is 0.509. The summed E-state index contributed by atoms with van der Waals surface area (Å²) in [7, 11) is 2.11. The van der Waals surface area contributed by atoms with Gasteiger partial charge in [-0.1, -0.05) is 18.2 Å². The van der Waals surface area contributed by atoms with Crippen LogP contribution in [0.5, 0.6) is 0 Å². The van der Waals surface area contributed by atoms with Gasteiger partial charge in [-0.15, -0.1) is 0 Å². The molecule has 0 atom stereocenters. The summed E-state index contributed by atoms with van der Waals surface area (Å²) in [6.07, 6.45) is 4.00. The van der Waals surface area contributed by atoms with Crippen molar-refractivity contribution in [2.75, 3.05) is 36.7 Å². The summed E-state index contributed by atoms with van der Waals surface area (Å²) in [4.78, 5) is 9.05. The molecular weight excluding hydrogens is 465 g/mol. The Morgan fingerprint density at radius 1 is 1.10 bits per heavy atom. The van der Waals surface area contributed by atoms with Gasteiger partial charge in [-0.25, -0.2) is 4.98 Å². The maximum atomic E-state index is 5.48. The van der Waals surface area contributed by atoms with E-state index in [0.29, 0.717) is 11.8 Å². The van der Waals surface area contributed by atoms with Crippen LogP contribution in [-0.2, 0) is 15.5 Å². The summed E-state index contributed by atoms with van der Waals surface area (Å²) >= 11 is 3.54. The molecule has 1 aliphatic rings. The van der Waals surface area contributed by atoms with Crippen LogP contribution in [0.1, 0.15) is 12.0 Å². The van der Waals surface area contributed by atoms with Gasteiger partial charge in [0.2, 0.25) is 14.3 Å². The molecule has 0 spiro atoms. The van der Waals surface area contributed by atoms with Crippen LogP contribution in [0.3, 0.4) is 0 Å². The molecule has 0 saturated heterocycles. The molecule has 3 N–H and O–H groups in total. The second-order valence-electron chi connectivity index (χ2n) is 6.68. The van der Waals surface area contributed by atoms with Gasteiger partial charge in [0.05, 0.1) is 15.5 Å². The molecule has 0 amide bonds. The van der Waals surface area contributed by atoms with Crippen molar-refractivity contribution in [1.29, 1.82) is 0 Å². The van der Waals surface area contributed by atoms with E-state index in [2.05, 4.69) is 60.0 Å². The monoisotopic (exact) mass is 487 g/mol. The first kappa shape index (κ1) is 21.0. The van der Waals surface area contributed by atoms with Gasteiger partial charge in [-0.2, -0.15) is 4.98 Å². The minimum atomic E-state index is -1.17. The number of aromatic nitrogens is 2. The fourth-order valence-electron chi connectivity index (χ4n) is 3.32. The molecular formula is C21H23BrN5O2P.